The Morgan fingerprint density at radius 3 is 2.49 bits per heavy atom. The molecular weight excluding hydrogens is 630 g/mol. The van der Waals surface area contributed by atoms with Gasteiger partial charge >= 0.3 is 0 Å². The molecule has 43 heavy (non-hydrogen) atoms. The van der Waals surface area contributed by atoms with Gasteiger partial charge in [0.1, 0.15) is 5.78 Å². The molecule has 2 fully saturated rings. The predicted molar refractivity (Wildman–Crippen MR) is 173 cm³/mol. The van der Waals surface area contributed by atoms with Crippen LogP contribution < -0.4 is 0 Å². The van der Waals surface area contributed by atoms with Crippen LogP contribution >= 0.6 is 15.9 Å². The molecule has 2 aliphatic rings. The number of halogens is 1. The van der Waals surface area contributed by atoms with E-state index in [2.05, 4.69) is 39.6 Å². The van der Waals surface area contributed by atoms with Crippen LogP contribution in [-0.4, -0.2) is 72.5 Å². The minimum absolute atomic E-state index is 0.0639. The number of Topliss-reactive ketones (excluding diaryl/α,β-unsaturated/α-hetero) is 1. The topological polar surface area (TPSA) is 88.9 Å². The quantitative estimate of drug-likeness (QED) is 0.195. The number of rotatable bonds is 17. The third-order valence-corrected chi connectivity index (χ3v) is 12.3. The normalized spacial score (nSPS) is 21.2. The van der Waals surface area contributed by atoms with Crippen LogP contribution in [0.3, 0.4) is 0 Å². The largest absolute Gasteiger partial charge is 0.382 e. The maximum absolute atomic E-state index is 14.1. The molecule has 1 amide bonds. The van der Waals surface area contributed by atoms with E-state index in [1.165, 1.54) is 4.31 Å². The van der Waals surface area contributed by atoms with Gasteiger partial charge in [0.05, 0.1) is 18.8 Å². The van der Waals surface area contributed by atoms with Crippen molar-refractivity contribution in [1.82, 2.24) is 13.8 Å². The lowest BCUT2D eigenvalue weighted by Gasteiger charge is -2.38. The van der Waals surface area contributed by atoms with Gasteiger partial charge < -0.3 is 14.2 Å². The lowest BCUT2D eigenvalue weighted by molar-refractivity contribution is -0.132. The van der Waals surface area contributed by atoms with E-state index in [-0.39, 0.29) is 41.9 Å². The molecule has 2 unspecified atom stereocenters. The molecule has 1 heterocycles. The van der Waals surface area contributed by atoms with Gasteiger partial charge in [0.25, 0.3) is 0 Å². The van der Waals surface area contributed by atoms with Gasteiger partial charge in [0.2, 0.25) is 15.9 Å². The van der Waals surface area contributed by atoms with Gasteiger partial charge in [-0.2, -0.15) is 4.31 Å². The van der Waals surface area contributed by atoms with E-state index in [4.69, 9.17) is 4.74 Å². The Labute approximate surface area is 266 Å². The maximum Gasteiger partial charge on any atom is 0.238 e. The smallest absolute Gasteiger partial charge is 0.238 e. The summed E-state index contributed by atoms with van der Waals surface area (Å²) in [6.45, 7) is 10.6. The highest BCUT2D eigenvalue weighted by Crippen LogP contribution is 2.64. The van der Waals surface area contributed by atoms with Crippen molar-refractivity contribution < 1.29 is 22.7 Å². The molecule has 0 spiro atoms. The summed E-state index contributed by atoms with van der Waals surface area (Å²) >= 11 is 3.49. The van der Waals surface area contributed by atoms with Crippen molar-refractivity contribution in [3.05, 3.63) is 58.3 Å². The van der Waals surface area contributed by atoms with Gasteiger partial charge in [-0.3, -0.25) is 9.59 Å². The van der Waals surface area contributed by atoms with E-state index in [9.17, 15) is 18.0 Å². The van der Waals surface area contributed by atoms with E-state index < -0.39 is 15.4 Å². The van der Waals surface area contributed by atoms with E-state index in [0.717, 1.165) is 35.0 Å². The van der Waals surface area contributed by atoms with Crippen LogP contribution in [0.15, 0.2) is 47.1 Å². The van der Waals surface area contributed by atoms with Crippen molar-refractivity contribution in [2.45, 2.75) is 79.3 Å². The summed E-state index contributed by atoms with van der Waals surface area (Å²) < 4.78 is 38.2. The second kappa shape index (κ2) is 14.4. The number of carbonyl (C=O) groups excluding carboxylic acids is 2. The Balaban J connectivity index is 1.53. The number of hydrogen-bond acceptors (Lipinski definition) is 5. The molecule has 2 saturated carbocycles. The average molecular weight is 679 g/mol. The molecule has 4 rings (SSSR count). The van der Waals surface area contributed by atoms with Crippen LogP contribution in [0.25, 0.3) is 0 Å². The van der Waals surface area contributed by atoms with Gasteiger partial charge in [-0.05, 0) is 73.8 Å². The van der Waals surface area contributed by atoms with Crippen LogP contribution in [0.4, 0.5) is 0 Å². The molecule has 0 radical (unpaired) electrons. The van der Waals surface area contributed by atoms with Crippen molar-refractivity contribution in [2.24, 2.45) is 16.7 Å². The van der Waals surface area contributed by atoms with E-state index in [1.54, 1.807) is 4.90 Å². The average Bonchev–Trinajstić information content (AvgIpc) is 3.55. The lowest BCUT2D eigenvalue weighted by atomic mass is 9.70. The van der Waals surface area contributed by atoms with Crippen molar-refractivity contribution in [3.63, 3.8) is 0 Å². The predicted octanol–water partition coefficient (Wildman–Crippen LogP) is 5.88. The standard InChI is InChI=1S/C33H48BrN3O5S/c1-5-7-17-36(23-29-10-8-18-35(29)22-26-11-13-28(34)14-12-26)31(39)24-37(19-9-20-42-6-2)43(40,41)25-33-16-15-27(21-30(33)38)32(33,3)4/h8,10-14,18,27H,5-7,9,15-17,19-25H2,1-4H3. The van der Waals surface area contributed by atoms with Crippen molar-refractivity contribution in [2.75, 3.05) is 38.6 Å². The van der Waals surface area contributed by atoms with Crippen LogP contribution in [0.5, 0.6) is 0 Å². The van der Waals surface area contributed by atoms with Gasteiger partial charge in [0.15, 0.2) is 0 Å². The number of fused-ring (bicyclic) bond motifs is 2. The minimum atomic E-state index is -3.90. The highest BCUT2D eigenvalue weighted by atomic mass is 79.9. The van der Waals surface area contributed by atoms with Crippen molar-refractivity contribution >= 4 is 37.6 Å². The van der Waals surface area contributed by atoms with E-state index in [1.807, 2.05) is 51.2 Å². The van der Waals surface area contributed by atoms with Gasteiger partial charge in [-0.25, -0.2) is 8.42 Å². The van der Waals surface area contributed by atoms with Crippen LogP contribution in [0, 0.1) is 16.7 Å². The number of nitrogens with zero attached hydrogens (tertiary/aromatic N) is 3. The molecule has 2 aromatic rings. The first-order valence-electron chi connectivity index (χ1n) is 15.7. The SMILES string of the molecule is CCCCN(Cc1cccn1Cc1ccc(Br)cc1)C(=O)CN(CCCOCC)S(=O)(=O)CC12CCC(CC1=O)C2(C)C. The summed E-state index contributed by atoms with van der Waals surface area (Å²) in [5.74, 6) is -0.158. The van der Waals surface area contributed by atoms with Crippen LogP contribution in [0.2, 0.25) is 0 Å². The highest BCUT2D eigenvalue weighted by molar-refractivity contribution is 9.10. The first-order chi connectivity index (χ1) is 20.4. The number of benzene rings is 1. The zero-order valence-corrected chi connectivity index (χ0v) is 28.6. The second-order valence-corrected chi connectivity index (χ2v) is 15.6. The molecular formula is C33H48BrN3O5S. The fourth-order valence-corrected chi connectivity index (χ4v) is 9.40. The summed E-state index contributed by atoms with van der Waals surface area (Å²) in [5.41, 5.74) is 0.892. The molecule has 0 saturated heterocycles. The summed E-state index contributed by atoms with van der Waals surface area (Å²) in [7, 11) is -3.90. The molecule has 1 aromatic carbocycles. The zero-order chi connectivity index (χ0) is 31.3. The van der Waals surface area contributed by atoms with Crippen LogP contribution in [0.1, 0.15) is 77.5 Å². The Morgan fingerprint density at radius 1 is 1.12 bits per heavy atom. The zero-order valence-electron chi connectivity index (χ0n) is 26.2. The molecule has 238 valence electrons. The lowest BCUT2D eigenvalue weighted by Crippen LogP contribution is -2.49. The van der Waals surface area contributed by atoms with Crippen LogP contribution in [-0.2, 0) is 37.4 Å². The van der Waals surface area contributed by atoms with E-state index >= 15 is 0 Å². The maximum atomic E-state index is 14.1. The Morgan fingerprint density at radius 2 is 1.86 bits per heavy atom. The number of ether oxygens (including phenoxy) is 1. The number of aromatic nitrogens is 1. The molecule has 8 nitrogen and oxygen atoms in total. The summed E-state index contributed by atoms with van der Waals surface area (Å²) in [6.07, 6.45) is 6.17. The summed E-state index contributed by atoms with van der Waals surface area (Å²) in [4.78, 5) is 28.9. The van der Waals surface area contributed by atoms with Gasteiger partial charge in [-0.1, -0.05) is 55.3 Å². The second-order valence-electron chi connectivity index (χ2n) is 12.7. The van der Waals surface area contributed by atoms with Crippen molar-refractivity contribution in [3.8, 4) is 0 Å². The number of amides is 1. The number of sulfonamides is 1. The van der Waals surface area contributed by atoms with Gasteiger partial charge in [-0.15, -0.1) is 0 Å². The molecule has 2 bridgehead atoms. The molecule has 0 N–H and O–H groups in total. The van der Waals surface area contributed by atoms with Gasteiger partial charge in [0, 0.05) is 61.0 Å². The Bertz CT molecular complexity index is 1360. The monoisotopic (exact) mass is 677 g/mol. The molecule has 2 aliphatic carbocycles. The third-order valence-electron chi connectivity index (χ3n) is 9.85. The molecule has 10 heteroatoms. The Hall–Kier alpha value is -2.01. The number of ketones is 1. The first-order valence-corrected chi connectivity index (χ1v) is 18.1. The summed E-state index contributed by atoms with van der Waals surface area (Å²) in [6, 6.07) is 12.2. The first kappa shape index (κ1) is 33.9. The number of unbranched alkanes of at least 4 members (excludes halogenated alkanes) is 1. The molecule has 1 aromatic heterocycles. The number of carbonyl (C=O) groups is 2. The third kappa shape index (κ3) is 7.63. The van der Waals surface area contributed by atoms with Crippen molar-refractivity contribution in [1.29, 1.82) is 0 Å². The number of hydrogen-bond donors (Lipinski definition) is 0. The highest BCUT2D eigenvalue weighted by Gasteiger charge is 2.65. The minimum Gasteiger partial charge on any atom is -0.382 e. The fourth-order valence-electron chi connectivity index (χ4n) is 6.94. The fraction of sp³-hybridized carbons (Fsp3) is 0.636. The Kier molecular flexibility index (Phi) is 11.3. The summed E-state index contributed by atoms with van der Waals surface area (Å²) in [5, 5.41) is 0. The van der Waals surface area contributed by atoms with E-state index in [0.29, 0.717) is 52.1 Å². The molecule has 0 aliphatic heterocycles. The molecule has 2 atom stereocenters.